The van der Waals surface area contributed by atoms with Gasteiger partial charge in [-0.25, -0.2) is 4.79 Å². The highest BCUT2D eigenvalue weighted by Crippen LogP contribution is 2.08. The lowest BCUT2D eigenvalue weighted by Gasteiger charge is -2.20. The molecule has 7 heteroatoms. The van der Waals surface area contributed by atoms with Crippen LogP contribution in [0.15, 0.2) is 91.0 Å². The standard InChI is InChI=1S/C27H26N2O5/c1-29(18-21-13-7-3-8-14-21)26(32)25(31)24(30)23(17-20-11-5-2-6-12-20)28-27(33)34-19-22-15-9-4-10-16-22/h2-16,23H,17-19H2,1H3,(H,28,33)/t23-/m0/s1. The van der Waals surface area contributed by atoms with E-state index in [0.717, 1.165) is 16.7 Å². The van der Waals surface area contributed by atoms with Gasteiger partial charge in [0.25, 0.3) is 11.7 Å². The number of likely N-dealkylation sites (N-methyl/N-ethyl adjacent to an activating group) is 1. The van der Waals surface area contributed by atoms with E-state index in [0.29, 0.717) is 0 Å². The Morgan fingerprint density at radius 1 is 0.765 bits per heavy atom. The van der Waals surface area contributed by atoms with Crippen LogP contribution in [-0.2, 0) is 38.7 Å². The second kappa shape index (κ2) is 12.1. The van der Waals surface area contributed by atoms with Crippen LogP contribution in [0.1, 0.15) is 16.7 Å². The van der Waals surface area contributed by atoms with Gasteiger partial charge in [-0.3, -0.25) is 14.4 Å². The van der Waals surface area contributed by atoms with E-state index >= 15 is 0 Å². The Hall–Kier alpha value is -4.26. The first-order valence-corrected chi connectivity index (χ1v) is 10.8. The molecule has 0 aliphatic rings. The molecule has 0 fully saturated rings. The molecular weight excluding hydrogens is 432 g/mol. The van der Waals surface area contributed by atoms with Crippen molar-refractivity contribution in [1.82, 2.24) is 10.2 Å². The molecule has 0 aliphatic heterocycles. The Kier molecular flexibility index (Phi) is 8.68. The van der Waals surface area contributed by atoms with E-state index < -0.39 is 29.6 Å². The minimum Gasteiger partial charge on any atom is -0.445 e. The molecule has 174 valence electrons. The minimum absolute atomic E-state index is 0.00557. The second-order valence-electron chi connectivity index (χ2n) is 7.79. The van der Waals surface area contributed by atoms with Gasteiger partial charge in [0.1, 0.15) is 12.6 Å². The van der Waals surface area contributed by atoms with Crippen molar-refractivity contribution >= 4 is 23.6 Å². The summed E-state index contributed by atoms with van der Waals surface area (Å²) in [7, 11) is 1.45. The number of nitrogens with one attached hydrogen (secondary N) is 1. The normalized spacial score (nSPS) is 11.2. The van der Waals surface area contributed by atoms with E-state index in [-0.39, 0.29) is 19.6 Å². The zero-order valence-corrected chi connectivity index (χ0v) is 18.8. The maximum Gasteiger partial charge on any atom is 0.408 e. The third-order valence-corrected chi connectivity index (χ3v) is 5.13. The molecule has 0 aromatic heterocycles. The maximum atomic E-state index is 13.0. The van der Waals surface area contributed by atoms with Gasteiger partial charge in [-0.05, 0) is 16.7 Å². The molecule has 2 amide bonds. The molecule has 3 aromatic carbocycles. The largest absolute Gasteiger partial charge is 0.445 e. The van der Waals surface area contributed by atoms with Crippen LogP contribution in [-0.4, -0.2) is 41.6 Å². The van der Waals surface area contributed by atoms with E-state index in [9.17, 15) is 19.2 Å². The molecule has 1 N–H and O–H groups in total. The molecule has 1 atom stereocenters. The number of Topliss-reactive ketones (excluding diaryl/α,β-unsaturated/α-hetero) is 2. The van der Waals surface area contributed by atoms with E-state index in [1.165, 1.54) is 11.9 Å². The summed E-state index contributed by atoms with van der Waals surface area (Å²) in [5.74, 6) is -3.13. The molecule has 0 heterocycles. The van der Waals surface area contributed by atoms with Crippen LogP contribution in [0.5, 0.6) is 0 Å². The van der Waals surface area contributed by atoms with E-state index in [2.05, 4.69) is 5.32 Å². The average molecular weight is 459 g/mol. The smallest absolute Gasteiger partial charge is 0.408 e. The molecule has 3 rings (SSSR count). The van der Waals surface area contributed by atoms with Crippen molar-refractivity contribution in [3.05, 3.63) is 108 Å². The van der Waals surface area contributed by atoms with Gasteiger partial charge in [-0.2, -0.15) is 0 Å². The van der Waals surface area contributed by atoms with Crippen molar-refractivity contribution in [2.75, 3.05) is 7.05 Å². The highest BCUT2D eigenvalue weighted by molar-refractivity contribution is 6.64. The van der Waals surface area contributed by atoms with Crippen molar-refractivity contribution < 1.29 is 23.9 Å². The Labute approximate surface area is 198 Å². The summed E-state index contributed by atoms with van der Waals surface area (Å²) in [6.07, 6.45) is -0.808. The van der Waals surface area contributed by atoms with E-state index in [1.807, 2.05) is 54.6 Å². The molecule has 0 saturated carbocycles. The summed E-state index contributed by atoms with van der Waals surface area (Å²) < 4.78 is 5.20. The zero-order valence-electron chi connectivity index (χ0n) is 18.8. The fraction of sp³-hybridized carbons (Fsp3) is 0.185. The molecule has 0 bridgehead atoms. The van der Waals surface area contributed by atoms with Crippen LogP contribution >= 0.6 is 0 Å². The molecule has 0 radical (unpaired) electrons. The number of alkyl carbamates (subject to hydrolysis) is 1. The third kappa shape index (κ3) is 7.13. The van der Waals surface area contributed by atoms with E-state index in [4.69, 9.17) is 4.74 Å². The summed E-state index contributed by atoms with van der Waals surface area (Å²) in [6, 6.07) is 25.9. The van der Waals surface area contributed by atoms with Gasteiger partial charge in [0.05, 0.1) is 0 Å². The monoisotopic (exact) mass is 458 g/mol. The van der Waals surface area contributed by atoms with Crippen LogP contribution in [0, 0.1) is 0 Å². The van der Waals surface area contributed by atoms with Crippen molar-refractivity contribution in [1.29, 1.82) is 0 Å². The summed E-state index contributed by atoms with van der Waals surface area (Å²) >= 11 is 0. The SMILES string of the molecule is CN(Cc1ccccc1)C(=O)C(=O)C(=O)[C@H](Cc1ccccc1)NC(=O)OCc1ccccc1. The highest BCUT2D eigenvalue weighted by atomic mass is 16.5. The Balaban J connectivity index is 1.68. The lowest BCUT2D eigenvalue weighted by molar-refractivity contribution is -0.149. The van der Waals surface area contributed by atoms with Crippen molar-refractivity contribution in [3.63, 3.8) is 0 Å². The molecular formula is C27H26N2O5. The summed E-state index contributed by atoms with van der Waals surface area (Å²) in [5.41, 5.74) is 2.32. The molecule has 0 aliphatic carbocycles. The lowest BCUT2D eigenvalue weighted by Crippen LogP contribution is -2.49. The molecule has 0 saturated heterocycles. The lowest BCUT2D eigenvalue weighted by atomic mass is 9.99. The Morgan fingerprint density at radius 2 is 1.26 bits per heavy atom. The zero-order chi connectivity index (χ0) is 24.3. The van der Waals surface area contributed by atoms with Crippen molar-refractivity contribution in [3.8, 4) is 0 Å². The first-order chi connectivity index (χ1) is 16.4. The topological polar surface area (TPSA) is 92.8 Å². The van der Waals surface area contributed by atoms with Crippen molar-refractivity contribution in [2.24, 2.45) is 0 Å². The van der Waals surface area contributed by atoms with Gasteiger partial charge in [0, 0.05) is 20.0 Å². The number of carbonyl (C=O) groups is 4. The second-order valence-corrected chi connectivity index (χ2v) is 7.79. The van der Waals surface area contributed by atoms with Crippen LogP contribution in [0.25, 0.3) is 0 Å². The van der Waals surface area contributed by atoms with Crippen LogP contribution in [0.4, 0.5) is 4.79 Å². The van der Waals surface area contributed by atoms with E-state index in [1.54, 1.807) is 36.4 Å². The number of amides is 2. The Morgan fingerprint density at radius 3 is 1.82 bits per heavy atom. The number of ketones is 2. The van der Waals surface area contributed by atoms with Gasteiger partial charge >= 0.3 is 6.09 Å². The molecule has 7 nitrogen and oxygen atoms in total. The van der Waals surface area contributed by atoms with Gasteiger partial charge < -0.3 is 15.0 Å². The number of rotatable bonds is 10. The summed E-state index contributed by atoms with van der Waals surface area (Å²) in [4.78, 5) is 52.0. The molecule has 3 aromatic rings. The fourth-order valence-corrected chi connectivity index (χ4v) is 3.33. The van der Waals surface area contributed by atoms with Crippen LogP contribution in [0.3, 0.4) is 0 Å². The van der Waals surface area contributed by atoms with Crippen LogP contribution in [0.2, 0.25) is 0 Å². The first kappa shape index (κ1) is 24.4. The van der Waals surface area contributed by atoms with Gasteiger partial charge in [0.2, 0.25) is 5.78 Å². The summed E-state index contributed by atoms with van der Waals surface area (Å²) in [6.45, 7) is 0.181. The van der Waals surface area contributed by atoms with Gasteiger partial charge in [-0.1, -0.05) is 91.0 Å². The van der Waals surface area contributed by atoms with Crippen LogP contribution < -0.4 is 5.32 Å². The van der Waals surface area contributed by atoms with Crippen molar-refractivity contribution in [2.45, 2.75) is 25.6 Å². The first-order valence-electron chi connectivity index (χ1n) is 10.8. The number of ether oxygens (including phenoxy) is 1. The van der Waals surface area contributed by atoms with Gasteiger partial charge in [-0.15, -0.1) is 0 Å². The quantitative estimate of drug-likeness (QED) is 0.372. The molecule has 0 unspecified atom stereocenters. The molecule has 0 spiro atoms. The Bertz CT molecular complexity index is 1120. The predicted molar refractivity (Wildman–Crippen MR) is 127 cm³/mol. The minimum atomic E-state index is -1.24. The number of benzene rings is 3. The van der Waals surface area contributed by atoms with Gasteiger partial charge in [0.15, 0.2) is 0 Å². The number of nitrogens with zero attached hydrogens (tertiary/aromatic N) is 1. The highest BCUT2D eigenvalue weighted by Gasteiger charge is 2.33. The average Bonchev–Trinajstić information content (AvgIpc) is 2.87. The number of hydrogen-bond donors (Lipinski definition) is 1. The summed E-state index contributed by atoms with van der Waals surface area (Å²) in [5, 5.41) is 2.46. The predicted octanol–water partition coefficient (Wildman–Crippen LogP) is 3.32. The maximum absolute atomic E-state index is 13.0. The fourth-order valence-electron chi connectivity index (χ4n) is 3.33. The number of hydrogen-bond acceptors (Lipinski definition) is 5. The molecule has 34 heavy (non-hydrogen) atoms. The number of carbonyl (C=O) groups excluding carboxylic acids is 4. The third-order valence-electron chi connectivity index (χ3n) is 5.13.